The molecule has 8 heteroatoms. The van der Waals surface area contributed by atoms with Gasteiger partial charge < -0.3 is 18.4 Å². The molecular weight excluding hydrogens is 396 g/mol. The van der Waals surface area contributed by atoms with Crippen LogP contribution in [0.3, 0.4) is 0 Å². The maximum atomic E-state index is 12.5. The van der Waals surface area contributed by atoms with Gasteiger partial charge in [0.25, 0.3) is 0 Å². The first-order valence-corrected chi connectivity index (χ1v) is 9.89. The molecule has 0 N–H and O–H groups in total. The molecule has 0 bridgehead atoms. The Bertz CT molecular complexity index is 841. The lowest BCUT2D eigenvalue weighted by atomic mass is 10.1. The van der Waals surface area contributed by atoms with E-state index in [1.54, 1.807) is 60.7 Å². The highest BCUT2D eigenvalue weighted by Gasteiger charge is 2.43. The minimum atomic E-state index is -0.835. The van der Waals surface area contributed by atoms with E-state index in [1.165, 1.54) is 6.92 Å². The molecule has 152 valence electrons. The molecule has 0 aliphatic carbocycles. The molecule has 2 aromatic rings. The summed E-state index contributed by atoms with van der Waals surface area (Å²) < 4.78 is 21.7. The molecule has 0 spiro atoms. The maximum Gasteiger partial charge on any atom is 0.338 e. The second kappa shape index (κ2) is 10.1. The van der Waals surface area contributed by atoms with Crippen LogP contribution in [0.1, 0.15) is 27.6 Å². The Balaban J connectivity index is 1.70. The minimum absolute atomic E-state index is 0.0661. The van der Waals surface area contributed by atoms with Crippen LogP contribution in [0.4, 0.5) is 0 Å². The van der Waals surface area contributed by atoms with Crippen molar-refractivity contribution in [1.29, 1.82) is 0 Å². The summed E-state index contributed by atoms with van der Waals surface area (Å²) in [6.07, 6.45) is -2.21. The van der Waals surface area contributed by atoms with E-state index < -0.39 is 36.2 Å². The molecule has 0 amide bonds. The number of ether oxygens (including phenoxy) is 3. The maximum absolute atomic E-state index is 12.5. The number of hydrogen-bond acceptors (Lipinski definition) is 8. The van der Waals surface area contributed by atoms with Gasteiger partial charge in [-0.1, -0.05) is 36.4 Å². The van der Waals surface area contributed by atoms with E-state index in [0.29, 0.717) is 11.1 Å². The van der Waals surface area contributed by atoms with Gasteiger partial charge in [0.2, 0.25) is 0 Å². The van der Waals surface area contributed by atoms with Gasteiger partial charge in [-0.3, -0.25) is 4.79 Å². The van der Waals surface area contributed by atoms with Crippen molar-refractivity contribution in [2.45, 2.75) is 25.2 Å². The molecule has 0 radical (unpaired) electrons. The van der Waals surface area contributed by atoms with Crippen molar-refractivity contribution in [3.63, 3.8) is 0 Å². The average molecular weight is 416 g/mol. The molecule has 0 aromatic heterocycles. The molecule has 1 fully saturated rings. The quantitative estimate of drug-likeness (QED) is 0.503. The van der Waals surface area contributed by atoms with Gasteiger partial charge in [0, 0.05) is 6.92 Å². The third kappa shape index (κ3) is 5.82. The number of carbonyl (C=O) groups is 3. The van der Waals surface area contributed by atoms with E-state index in [4.69, 9.17) is 18.4 Å². The summed E-state index contributed by atoms with van der Waals surface area (Å²) in [5.74, 6) is -1.30. The van der Waals surface area contributed by atoms with Crippen molar-refractivity contribution >= 4 is 30.0 Å². The fraction of sp³-hybridized carbons (Fsp3) is 0.286. The summed E-state index contributed by atoms with van der Waals surface area (Å²) in [6.45, 7) is 1.36. The van der Waals surface area contributed by atoms with Crippen LogP contribution in [-0.4, -0.2) is 48.6 Å². The third-order valence-corrected chi connectivity index (χ3v) is 4.95. The highest BCUT2D eigenvalue weighted by atomic mass is 32.2. The summed E-state index contributed by atoms with van der Waals surface area (Å²) >= 11 is 0.896. The zero-order valence-electron chi connectivity index (χ0n) is 15.7. The fourth-order valence-electron chi connectivity index (χ4n) is 2.77. The van der Waals surface area contributed by atoms with E-state index in [0.717, 1.165) is 12.0 Å². The zero-order chi connectivity index (χ0) is 20.6. The summed E-state index contributed by atoms with van der Waals surface area (Å²) in [5, 5.41) is 0. The van der Waals surface area contributed by atoms with Crippen LogP contribution in [-0.2, 0) is 23.2 Å². The molecule has 2 aromatic carbocycles. The molecule has 1 saturated heterocycles. The second-order valence-corrected chi connectivity index (χ2v) is 7.01. The number of benzene rings is 2. The SMILES string of the molecule is CC(=O)OSCC1OC[C@H](OC(=O)c2ccccc2)[C@H]1OC(=O)c1ccccc1. The minimum Gasteiger partial charge on any atom is -0.452 e. The number of esters is 2. The van der Waals surface area contributed by atoms with Crippen LogP contribution in [0, 0.1) is 0 Å². The number of rotatable bonds is 7. The van der Waals surface area contributed by atoms with Gasteiger partial charge in [-0.25, -0.2) is 9.59 Å². The molecule has 29 heavy (non-hydrogen) atoms. The molecule has 1 unspecified atom stereocenters. The molecular formula is C21H20O7S. The average Bonchev–Trinajstić information content (AvgIpc) is 3.10. The van der Waals surface area contributed by atoms with E-state index >= 15 is 0 Å². The van der Waals surface area contributed by atoms with E-state index in [-0.39, 0.29) is 12.4 Å². The summed E-state index contributed by atoms with van der Waals surface area (Å²) in [4.78, 5) is 35.9. The lowest BCUT2D eigenvalue weighted by Gasteiger charge is -2.22. The Hall–Kier alpha value is -2.84. The van der Waals surface area contributed by atoms with Gasteiger partial charge in [-0.2, -0.15) is 0 Å². The summed E-state index contributed by atoms with van der Waals surface area (Å²) in [5.41, 5.74) is 0.761. The van der Waals surface area contributed by atoms with E-state index in [2.05, 4.69) is 0 Å². The first-order chi connectivity index (χ1) is 14.0. The lowest BCUT2D eigenvalue weighted by molar-refractivity contribution is -0.130. The largest absolute Gasteiger partial charge is 0.452 e. The van der Waals surface area contributed by atoms with Gasteiger partial charge in [0.1, 0.15) is 6.10 Å². The van der Waals surface area contributed by atoms with Gasteiger partial charge in [-0.05, 0) is 24.3 Å². The smallest absolute Gasteiger partial charge is 0.338 e. The van der Waals surface area contributed by atoms with Crippen LogP contribution < -0.4 is 0 Å². The topological polar surface area (TPSA) is 88.1 Å². The van der Waals surface area contributed by atoms with Gasteiger partial charge >= 0.3 is 17.9 Å². The Labute approximate surface area is 172 Å². The van der Waals surface area contributed by atoms with Crippen LogP contribution in [0.2, 0.25) is 0 Å². The van der Waals surface area contributed by atoms with Gasteiger partial charge in [0.05, 0.1) is 35.5 Å². The van der Waals surface area contributed by atoms with Crippen molar-refractivity contribution in [2.24, 2.45) is 0 Å². The molecule has 3 rings (SSSR count). The standard InChI is InChI=1S/C21H20O7S/c1-14(22)28-29-13-18-19(27-21(24)16-10-6-3-7-11-16)17(12-25-18)26-20(23)15-8-4-2-5-9-15/h2-11,17-19H,12-13H2,1H3/t17-,18?,19+/m0/s1. The lowest BCUT2D eigenvalue weighted by Crippen LogP contribution is -2.39. The Morgan fingerprint density at radius 2 is 1.48 bits per heavy atom. The predicted molar refractivity (Wildman–Crippen MR) is 105 cm³/mol. The molecule has 0 saturated carbocycles. The van der Waals surface area contributed by atoms with Crippen LogP contribution >= 0.6 is 12.0 Å². The molecule has 3 atom stereocenters. The first-order valence-electron chi connectivity index (χ1n) is 8.98. The second-order valence-electron chi connectivity index (χ2n) is 6.28. The third-order valence-electron chi connectivity index (χ3n) is 4.14. The van der Waals surface area contributed by atoms with E-state index in [1.807, 2.05) is 0 Å². The number of carbonyl (C=O) groups excluding carboxylic acids is 3. The Morgan fingerprint density at radius 3 is 2.03 bits per heavy atom. The predicted octanol–water partition coefficient (Wildman–Crippen LogP) is 3.05. The van der Waals surface area contributed by atoms with Gasteiger partial charge in [0.15, 0.2) is 12.2 Å². The van der Waals surface area contributed by atoms with Crippen molar-refractivity contribution in [1.82, 2.24) is 0 Å². The van der Waals surface area contributed by atoms with Crippen LogP contribution in [0.15, 0.2) is 60.7 Å². The monoisotopic (exact) mass is 416 g/mol. The Morgan fingerprint density at radius 1 is 0.931 bits per heavy atom. The van der Waals surface area contributed by atoms with Crippen LogP contribution in [0.25, 0.3) is 0 Å². The first kappa shape index (κ1) is 20.9. The Kier molecular flexibility index (Phi) is 7.26. The van der Waals surface area contributed by atoms with Crippen molar-refractivity contribution < 1.29 is 32.8 Å². The summed E-state index contributed by atoms with van der Waals surface area (Å²) in [6, 6.07) is 17.0. The summed E-state index contributed by atoms with van der Waals surface area (Å²) in [7, 11) is 0. The molecule has 1 aliphatic heterocycles. The van der Waals surface area contributed by atoms with Gasteiger partial charge in [-0.15, -0.1) is 0 Å². The molecule has 7 nitrogen and oxygen atoms in total. The van der Waals surface area contributed by atoms with Crippen molar-refractivity contribution in [3.05, 3.63) is 71.8 Å². The highest BCUT2D eigenvalue weighted by molar-refractivity contribution is 7.95. The fourth-order valence-corrected chi connectivity index (χ4v) is 3.43. The van der Waals surface area contributed by atoms with Crippen molar-refractivity contribution in [3.8, 4) is 0 Å². The number of hydrogen-bond donors (Lipinski definition) is 0. The normalized spacial score (nSPS) is 20.7. The van der Waals surface area contributed by atoms with Crippen LogP contribution in [0.5, 0.6) is 0 Å². The highest BCUT2D eigenvalue weighted by Crippen LogP contribution is 2.26. The molecule has 1 heterocycles. The zero-order valence-corrected chi connectivity index (χ0v) is 16.5. The van der Waals surface area contributed by atoms with Crippen molar-refractivity contribution in [2.75, 3.05) is 12.4 Å². The van der Waals surface area contributed by atoms with E-state index in [9.17, 15) is 14.4 Å². The molecule has 1 aliphatic rings.